The molecule has 0 radical (unpaired) electrons. The third kappa shape index (κ3) is 5.84. The molecular formula is C17H28IN3O2. The lowest BCUT2D eigenvalue weighted by atomic mass is 9.89. The van der Waals surface area contributed by atoms with Crippen molar-refractivity contribution in [3.05, 3.63) is 29.8 Å². The summed E-state index contributed by atoms with van der Waals surface area (Å²) in [5, 5.41) is 3.36. The van der Waals surface area contributed by atoms with Gasteiger partial charge >= 0.3 is 0 Å². The van der Waals surface area contributed by atoms with Crippen LogP contribution in [0.25, 0.3) is 0 Å². The molecule has 2 rings (SSSR count). The highest BCUT2D eigenvalue weighted by atomic mass is 127. The molecule has 1 fully saturated rings. The van der Waals surface area contributed by atoms with Crippen molar-refractivity contribution in [3.63, 3.8) is 0 Å². The van der Waals surface area contributed by atoms with Gasteiger partial charge in [0, 0.05) is 25.6 Å². The largest absolute Gasteiger partial charge is 0.497 e. The topological polar surface area (TPSA) is 46.1 Å². The fourth-order valence-corrected chi connectivity index (χ4v) is 2.36. The van der Waals surface area contributed by atoms with Crippen molar-refractivity contribution in [3.8, 4) is 5.75 Å². The van der Waals surface area contributed by atoms with Crippen molar-refractivity contribution in [2.75, 3.05) is 40.5 Å². The van der Waals surface area contributed by atoms with Crippen LogP contribution in [0.2, 0.25) is 0 Å². The summed E-state index contributed by atoms with van der Waals surface area (Å²) in [6.07, 6.45) is 0. The Morgan fingerprint density at radius 3 is 2.48 bits per heavy atom. The summed E-state index contributed by atoms with van der Waals surface area (Å²) in [4.78, 5) is 6.91. The molecular weight excluding hydrogens is 405 g/mol. The Balaban J connectivity index is 0.00000264. The third-order valence-corrected chi connectivity index (χ3v) is 3.79. The highest BCUT2D eigenvalue weighted by molar-refractivity contribution is 14.0. The Morgan fingerprint density at radius 1 is 1.35 bits per heavy atom. The van der Waals surface area contributed by atoms with E-state index < -0.39 is 0 Å². The fraction of sp³-hybridized carbons (Fsp3) is 0.588. The van der Waals surface area contributed by atoms with Crippen molar-refractivity contribution in [2.24, 2.45) is 10.4 Å². The molecule has 0 spiro atoms. The summed E-state index contributed by atoms with van der Waals surface area (Å²) in [6.45, 7) is 8.37. The standard InChI is InChI=1S/C17H27N3O2.HI/c1-5-18-16(19-11-17(2)12-22-13-17)20(3)10-14-6-8-15(21-4)9-7-14;/h6-9H,5,10-13H2,1-4H3,(H,18,19);1H. The van der Waals surface area contributed by atoms with Crippen LogP contribution in [0, 0.1) is 5.41 Å². The first-order valence-corrected chi connectivity index (χ1v) is 7.76. The van der Waals surface area contributed by atoms with E-state index in [2.05, 4.69) is 43.2 Å². The Kier molecular flexibility index (Phi) is 8.11. The van der Waals surface area contributed by atoms with Gasteiger partial charge in [-0.2, -0.15) is 0 Å². The number of rotatable bonds is 6. The summed E-state index contributed by atoms with van der Waals surface area (Å²) in [6, 6.07) is 8.14. The van der Waals surface area contributed by atoms with Gasteiger partial charge in [0.05, 0.1) is 26.9 Å². The van der Waals surface area contributed by atoms with Crippen molar-refractivity contribution < 1.29 is 9.47 Å². The lowest BCUT2D eigenvalue weighted by Gasteiger charge is -2.37. The molecule has 23 heavy (non-hydrogen) atoms. The van der Waals surface area contributed by atoms with E-state index in [1.54, 1.807) is 7.11 Å². The number of methoxy groups -OCH3 is 1. The molecule has 1 saturated heterocycles. The van der Waals surface area contributed by atoms with E-state index in [1.165, 1.54) is 5.56 Å². The molecule has 1 aromatic rings. The van der Waals surface area contributed by atoms with E-state index >= 15 is 0 Å². The zero-order valence-corrected chi connectivity index (χ0v) is 16.8. The summed E-state index contributed by atoms with van der Waals surface area (Å²) >= 11 is 0. The summed E-state index contributed by atoms with van der Waals surface area (Å²) < 4.78 is 10.5. The number of hydrogen-bond acceptors (Lipinski definition) is 3. The van der Waals surface area contributed by atoms with Crippen LogP contribution in [0.5, 0.6) is 5.75 Å². The maximum absolute atomic E-state index is 5.29. The molecule has 0 aromatic heterocycles. The fourth-order valence-electron chi connectivity index (χ4n) is 2.36. The van der Waals surface area contributed by atoms with Gasteiger partial charge in [0.25, 0.3) is 0 Å². The maximum atomic E-state index is 5.29. The molecule has 1 aliphatic rings. The van der Waals surface area contributed by atoms with Crippen LogP contribution in [0.3, 0.4) is 0 Å². The van der Waals surface area contributed by atoms with Crippen molar-refractivity contribution in [2.45, 2.75) is 20.4 Å². The number of nitrogens with zero attached hydrogens (tertiary/aromatic N) is 2. The SMILES string of the molecule is CCNC(=NCC1(C)COC1)N(C)Cc1ccc(OC)cc1.I. The van der Waals surface area contributed by atoms with Gasteiger partial charge in [-0.3, -0.25) is 4.99 Å². The minimum absolute atomic E-state index is 0. The number of nitrogens with one attached hydrogen (secondary N) is 1. The molecule has 1 aliphatic heterocycles. The predicted octanol–water partition coefficient (Wildman–Crippen LogP) is 2.75. The summed E-state index contributed by atoms with van der Waals surface area (Å²) in [7, 11) is 3.74. The molecule has 1 N–H and O–H groups in total. The smallest absolute Gasteiger partial charge is 0.193 e. The van der Waals surface area contributed by atoms with Crippen molar-refractivity contribution in [1.29, 1.82) is 0 Å². The first kappa shape index (κ1) is 20.0. The third-order valence-electron chi connectivity index (χ3n) is 3.79. The number of guanidine groups is 1. The minimum Gasteiger partial charge on any atom is -0.497 e. The monoisotopic (exact) mass is 433 g/mol. The van der Waals surface area contributed by atoms with E-state index in [-0.39, 0.29) is 29.4 Å². The number of benzene rings is 1. The summed E-state index contributed by atoms with van der Waals surface area (Å²) in [5.41, 5.74) is 1.42. The van der Waals surface area contributed by atoms with Gasteiger partial charge in [0.1, 0.15) is 5.75 Å². The zero-order valence-electron chi connectivity index (χ0n) is 14.5. The lowest BCUT2D eigenvalue weighted by molar-refractivity contribution is -0.0946. The average molecular weight is 433 g/mol. The molecule has 1 heterocycles. The molecule has 130 valence electrons. The molecule has 0 atom stereocenters. The second-order valence-electron chi connectivity index (χ2n) is 6.18. The van der Waals surface area contributed by atoms with Gasteiger partial charge in [-0.15, -0.1) is 24.0 Å². The quantitative estimate of drug-likeness (QED) is 0.426. The molecule has 0 saturated carbocycles. The number of ether oxygens (including phenoxy) is 2. The normalized spacial score (nSPS) is 16.1. The second-order valence-corrected chi connectivity index (χ2v) is 6.18. The Hall–Kier alpha value is -1.02. The van der Waals surface area contributed by atoms with Crippen LogP contribution in [-0.2, 0) is 11.3 Å². The minimum atomic E-state index is 0. The van der Waals surface area contributed by atoms with Crippen LogP contribution in [0.15, 0.2) is 29.3 Å². The van der Waals surface area contributed by atoms with Crippen molar-refractivity contribution >= 4 is 29.9 Å². The van der Waals surface area contributed by atoms with Crippen LogP contribution in [0.4, 0.5) is 0 Å². The van der Waals surface area contributed by atoms with E-state index in [9.17, 15) is 0 Å². The highest BCUT2D eigenvalue weighted by Crippen LogP contribution is 2.26. The maximum Gasteiger partial charge on any atom is 0.193 e. The highest BCUT2D eigenvalue weighted by Gasteiger charge is 2.33. The molecule has 0 aliphatic carbocycles. The molecule has 6 heteroatoms. The lowest BCUT2D eigenvalue weighted by Crippen LogP contribution is -2.44. The van der Waals surface area contributed by atoms with Gasteiger partial charge < -0.3 is 19.7 Å². The molecule has 5 nitrogen and oxygen atoms in total. The predicted molar refractivity (Wildman–Crippen MR) is 105 cm³/mol. The molecule has 0 bridgehead atoms. The van der Waals surface area contributed by atoms with E-state index in [0.29, 0.717) is 0 Å². The van der Waals surface area contributed by atoms with Crippen LogP contribution in [-0.4, -0.2) is 51.3 Å². The van der Waals surface area contributed by atoms with Gasteiger partial charge in [0.15, 0.2) is 5.96 Å². The molecule has 0 unspecified atom stereocenters. The summed E-state index contributed by atoms with van der Waals surface area (Å²) in [5.74, 6) is 1.82. The number of halogens is 1. The van der Waals surface area contributed by atoms with Gasteiger partial charge in [-0.05, 0) is 24.6 Å². The Bertz CT molecular complexity index is 501. The first-order chi connectivity index (χ1) is 10.6. The number of hydrogen-bond donors (Lipinski definition) is 1. The van der Waals surface area contributed by atoms with Gasteiger partial charge in [0.2, 0.25) is 0 Å². The zero-order chi connectivity index (χ0) is 16.0. The van der Waals surface area contributed by atoms with E-state index in [1.807, 2.05) is 12.1 Å². The Morgan fingerprint density at radius 2 is 2.00 bits per heavy atom. The average Bonchev–Trinajstić information content (AvgIpc) is 2.50. The first-order valence-electron chi connectivity index (χ1n) is 7.76. The van der Waals surface area contributed by atoms with Crippen LogP contribution >= 0.6 is 24.0 Å². The second kappa shape index (κ2) is 9.32. The Labute approximate surface area is 156 Å². The van der Waals surface area contributed by atoms with E-state index in [4.69, 9.17) is 14.5 Å². The van der Waals surface area contributed by atoms with Gasteiger partial charge in [-0.25, -0.2) is 0 Å². The number of aliphatic imine (C=N–C) groups is 1. The van der Waals surface area contributed by atoms with E-state index in [0.717, 1.165) is 44.6 Å². The molecule has 0 amide bonds. The molecule has 1 aromatic carbocycles. The van der Waals surface area contributed by atoms with Gasteiger partial charge in [-0.1, -0.05) is 19.1 Å². The van der Waals surface area contributed by atoms with Crippen LogP contribution in [0.1, 0.15) is 19.4 Å². The van der Waals surface area contributed by atoms with Crippen LogP contribution < -0.4 is 10.1 Å². The van der Waals surface area contributed by atoms with Crippen molar-refractivity contribution in [1.82, 2.24) is 10.2 Å².